The molecule has 3 rings (SSSR count). The largest absolute Gasteiger partial charge is 0.324 e. The Morgan fingerprint density at radius 2 is 2.27 bits per heavy atom. The maximum atomic E-state index is 12.4. The number of carbonyl (C=O) groups is 2. The van der Waals surface area contributed by atoms with Gasteiger partial charge in [0.1, 0.15) is 6.04 Å². The van der Waals surface area contributed by atoms with Crippen LogP contribution in [0, 0.1) is 0 Å². The molecule has 1 atom stereocenters. The first-order valence-electron chi connectivity index (χ1n) is 7.32. The first-order valence-corrected chi connectivity index (χ1v) is 8.47. The van der Waals surface area contributed by atoms with E-state index in [0.717, 1.165) is 17.5 Å². The lowest BCUT2D eigenvalue weighted by Gasteiger charge is -2.22. The van der Waals surface area contributed by atoms with Gasteiger partial charge in [-0.05, 0) is 18.6 Å². The Morgan fingerprint density at radius 1 is 1.45 bits per heavy atom. The molecule has 1 unspecified atom stereocenters. The van der Waals surface area contributed by atoms with E-state index in [9.17, 15) is 9.59 Å². The molecule has 6 nitrogen and oxygen atoms in total. The van der Waals surface area contributed by atoms with Crippen molar-refractivity contribution < 1.29 is 9.59 Å². The highest BCUT2D eigenvalue weighted by atomic mass is 32.2. The van der Waals surface area contributed by atoms with Crippen LogP contribution in [-0.2, 0) is 9.59 Å². The van der Waals surface area contributed by atoms with E-state index in [4.69, 9.17) is 0 Å². The quantitative estimate of drug-likeness (QED) is 0.906. The Labute approximate surface area is 132 Å². The van der Waals surface area contributed by atoms with Crippen LogP contribution >= 0.6 is 11.8 Å². The Morgan fingerprint density at radius 3 is 3.05 bits per heavy atom. The molecular weight excluding hydrogens is 300 g/mol. The zero-order chi connectivity index (χ0) is 15.5. The summed E-state index contributed by atoms with van der Waals surface area (Å²) in [7, 11) is 0. The van der Waals surface area contributed by atoms with Crippen molar-refractivity contribution in [2.24, 2.45) is 0 Å². The van der Waals surface area contributed by atoms with Crippen molar-refractivity contribution in [3.05, 3.63) is 24.3 Å². The van der Waals surface area contributed by atoms with E-state index < -0.39 is 6.04 Å². The summed E-state index contributed by atoms with van der Waals surface area (Å²) in [4.78, 5) is 33.6. The first-order chi connectivity index (χ1) is 10.7. The van der Waals surface area contributed by atoms with Crippen molar-refractivity contribution in [3.8, 4) is 0 Å². The molecule has 0 spiro atoms. The van der Waals surface area contributed by atoms with Crippen LogP contribution in [0.15, 0.2) is 24.3 Å². The standard InChI is InChI=1S/C15H18N4O2S/c1-2-5-13(20)19-9-22-8-12(19)14(21)18-15-16-10-6-3-4-7-11(10)17-15/h3-4,6-7,12H,2,5,8-9H2,1H3,(H2,16,17,18,21). The SMILES string of the molecule is CCCC(=O)N1CSCC1C(=O)Nc1nc2ccccc2[nH]1. The molecule has 1 aliphatic rings. The summed E-state index contributed by atoms with van der Waals surface area (Å²) in [5, 5.41) is 2.79. The number of carbonyl (C=O) groups excluding carboxylic acids is 2. The van der Waals surface area contributed by atoms with Gasteiger partial charge in [0, 0.05) is 12.2 Å². The summed E-state index contributed by atoms with van der Waals surface area (Å²) in [6, 6.07) is 7.17. The lowest BCUT2D eigenvalue weighted by molar-refractivity contribution is -0.136. The van der Waals surface area contributed by atoms with Gasteiger partial charge in [0.15, 0.2) is 0 Å². The number of imidazole rings is 1. The van der Waals surface area contributed by atoms with Gasteiger partial charge in [-0.15, -0.1) is 11.8 Å². The number of anilines is 1. The van der Waals surface area contributed by atoms with Crippen LogP contribution in [0.3, 0.4) is 0 Å². The van der Waals surface area contributed by atoms with Gasteiger partial charge in [-0.25, -0.2) is 4.98 Å². The molecule has 0 bridgehead atoms. The van der Waals surface area contributed by atoms with Gasteiger partial charge < -0.3 is 9.88 Å². The number of amides is 2. The van der Waals surface area contributed by atoms with E-state index in [0.29, 0.717) is 24.0 Å². The lowest BCUT2D eigenvalue weighted by atomic mass is 10.2. The maximum Gasteiger partial charge on any atom is 0.250 e. The number of para-hydroxylation sites is 2. The van der Waals surface area contributed by atoms with Gasteiger partial charge in [0.2, 0.25) is 17.8 Å². The highest BCUT2D eigenvalue weighted by molar-refractivity contribution is 7.99. The predicted octanol–water partition coefficient (Wildman–Crippen LogP) is 2.20. The molecule has 1 aliphatic heterocycles. The molecule has 1 aromatic carbocycles. The van der Waals surface area contributed by atoms with Crippen LogP contribution in [0.2, 0.25) is 0 Å². The lowest BCUT2D eigenvalue weighted by Crippen LogP contribution is -2.44. The molecule has 7 heteroatoms. The summed E-state index contributed by atoms with van der Waals surface area (Å²) in [5.41, 5.74) is 1.68. The van der Waals surface area contributed by atoms with E-state index in [2.05, 4.69) is 15.3 Å². The molecule has 1 fully saturated rings. The van der Waals surface area contributed by atoms with Crippen LogP contribution in [-0.4, -0.2) is 44.4 Å². The summed E-state index contributed by atoms with van der Waals surface area (Å²) in [6.45, 7) is 1.96. The fraction of sp³-hybridized carbons (Fsp3) is 0.400. The number of fused-ring (bicyclic) bond motifs is 1. The van der Waals surface area contributed by atoms with Gasteiger partial charge in [-0.2, -0.15) is 0 Å². The van der Waals surface area contributed by atoms with E-state index in [1.807, 2.05) is 31.2 Å². The van der Waals surface area contributed by atoms with Gasteiger partial charge >= 0.3 is 0 Å². The zero-order valence-electron chi connectivity index (χ0n) is 12.3. The van der Waals surface area contributed by atoms with Crippen molar-refractivity contribution in [1.29, 1.82) is 0 Å². The Balaban J connectivity index is 1.71. The highest BCUT2D eigenvalue weighted by Crippen LogP contribution is 2.23. The van der Waals surface area contributed by atoms with Crippen molar-refractivity contribution in [2.45, 2.75) is 25.8 Å². The molecule has 1 aromatic heterocycles. The molecule has 2 amide bonds. The molecule has 1 saturated heterocycles. The van der Waals surface area contributed by atoms with Crippen molar-refractivity contribution >= 4 is 40.6 Å². The third kappa shape index (κ3) is 2.94. The Kier molecular flexibility index (Phi) is 4.33. The number of aromatic amines is 1. The highest BCUT2D eigenvalue weighted by Gasteiger charge is 2.34. The van der Waals surface area contributed by atoms with Gasteiger partial charge in [0.05, 0.1) is 16.9 Å². The number of aromatic nitrogens is 2. The second-order valence-electron chi connectivity index (χ2n) is 5.22. The number of nitrogens with zero attached hydrogens (tertiary/aromatic N) is 2. The second-order valence-corrected chi connectivity index (χ2v) is 6.22. The minimum Gasteiger partial charge on any atom is -0.324 e. The third-order valence-electron chi connectivity index (χ3n) is 3.60. The summed E-state index contributed by atoms with van der Waals surface area (Å²) in [6.07, 6.45) is 1.27. The topological polar surface area (TPSA) is 78.1 Å². The predicted molar refractivity (Wildman–Crippen MR) is 87.6 cm³/mol. The average molecular weight is 318 g/mol. The van der Waals surface area contributed by atoms with Crippen LogP contribution in [0.4, 0.5) is 5.95 Å². The van der Waals surface area contributed by atoms with Gasteiger partial charge in [-0.3, -0.25) is 14.9 Å². The fourth-order valence-corrected chi connectivity index (χ4v) is 3.66. The number of rotatable bonds is 4. The number of thioether (sulfide) groups is 1. The van der Waals surface area contributed by atoms with Crippen molar-refractivity contribution in [2.75, 3.05) is 16.9 Å². The number of nitrogens with one attached hydrogen (secondary N) is 2. The monoisotopic (exact) mass is 318 g/mol. The Hall–Kier alpha value is -2.02. The maximum absolute atomic E-state index is 12.4. The van der Waals surface area contributed by atoms with E-state index in [-0.39, 0.29) is 11.8 Å². The number of hydrogen-bond donors (Lipinski definition) is 2. The zero-order valence-corrected chi connectivity index (χ0v) is 13.2. The van der Waals surface area contributed by atoms with Crippen LogP contribution in [0.5, 0.6) is 0 Å². The van der Waals surface area contributed by atoms with Crippen molar-refractivity contribution in [1.82, 2.24) is 14.9 Å². The summed E-state index contributed by atoms with van der Waals surface area (Å²) in [5.74, 6) is 1.48. The van der Waals surface area contributed by atoms with Crippen LogP contribution in [0.1, 0.15) is 19.8 Å². The Bertz CT molecular complexity index is 667. The van der Waals surface area contributed by atoms with E-state index >= 15 is 0 Å². The van der Waals surface area contributed by atoms with Gasteiger partial charge in [0.25, 0.3) is 0 Å². The average Bonchev–Trinajstić information content (AvgIpc) is 3.13. The molecule has 22 heavy (non-hydrogen) atoms. The van der Waals surface area contributed by atoms with Crippen LogP contribution in [0.25, 0.3) is 11.0 Å². The molecule has 2 N–H and O–H groups in total. The molecular formula is C15H18N4O2S. The number of hydrogen-bond acceptors (Lipinski definition) is 4. The molecule has 2 heterocycles. The van der Waals surface area contributed by atoms with E-state index in [1.165, 1.54) is 0 Å². The minimum atomic E-state index is -0.419. The molecule has 0 saturated carbocycles. The summed E-state index contributed by atoms with van der Waals surface area (Å²) < 4.78 is 0. The normalized spacial score (nSPS) is 17.9. The number of benzene rings is 1. The number of H-pyrrole nitrogens is 1. The molecule has 2 aromatic rings. The second kappa shape index (κ2) is 6.39. The third-order valence-corrected chi connectivity index (χ3v) is 4.61. The molecule has 116 valence electrons. The van der Waals surface area contributed by atoms with Crippen LogP contribution < -0.4 is 5.32 Å². The molecule has 0 radical (unpaired) electrons. The smallest absolute Gasteiger partial charge is 0.250 e. The van der Waals surface area contributed by atoms with Crippen molar-refractivity contribution in [3.63, 3.8) is 0 Å². The first kappa shape index (κ1) is 14.9. The van der Waals surface area contributed by atoms with E-state index in [1.54, 1.807) is 16.7 Å². The minimum absolute atomic E-state index is 0.0391. The molecule has 0 aliphatic carbocycles. The fourth-order valence-electron chi connectivity index (χ4n) is 2.48. The summed E-state index contributed by atoms with van der Waals surface area (Å²) >= 11 is 1.60. The van der Waals surface area contributed by atoms with Gasteiger partial charge in [-0.1, -0.05) is 19.1 Å².